The number of fused-ring (bicyclic) bond motifs is 1. The number of nitrogens with zero attached hydrogens (tertiary/aromatic N) is 2. The average Bonchev–Trinajstić information content (AvgIpc) is 3.15. The zero-order chi connectivity index (χ0) is 22.4. The Balaban J connectivity index is 1.65. The minimum atomic E-state index is -4.15. The molecule has 9 heteroatoms. The Morgan fingerprint density at radius 2 is 2.00 bits per heavy atom. The fourth-order valence-corrected chi connectivity index (χ4v) is 3.92. The number of hydrogen-bond acceptors (Lipinski definition) is 6. The summed E-state index contributed by atoms with van der Waals surface area (Å²) in [7, 11) is -4.15. The first-order chi connectivity index (χ1) is 14.8. The Bertz CT molecular complexity index is 1160. The van der Waals surface area contributed by atoms with Gasteiger partial charge < -0.3 is 15.0 Å². The van der Waals surface area contributed by atoms with Gasteiger partial charge in [0.05, 0.1) is 28.6 Å². The molecule has 0 fully saturated rings. The summed E-state index contributed by atoms with van der Waals surface area (Å²) in [5.74, 6) is 0.459. The van der Waals surface area contributed by atoms with Crippen LogP contribution in [0.2, 0.25) is 0 Å². The molecular formula is C22H26FN3O4S. The number of imidazole rings is 1. The van der Waals surface area contributed by atoms with E-state index in [9.17, 15) is 12.8 Å². The van der Waals surface area contributed by atoms with E-state index in [2.05, 4.69) is 16.5 Å². The van der Waals surface area contributed by atoms with Gasteiger partial charge in [-0.05, 0) is 37.6 Å². The minimum Gasteiger partial charge on any atom is -0.489 e. The smallest absolute Gasteiger partial charge is 0.298 e. The number of rotatable bonds is 10. The van der Waals surface area contributed by atoms with Gasteiger partial charge in [-0.2, -0.15) is 8.42 Å². The van der Waals surface area contributed by atoms with Crippen molar-refractivity contribution in [1.82, 2.24) is 9.55 Å². The molecule has 0 radical (unpaired) electrons. The lowest BCUT2D eigenvalue weighted by molar-refractivity contribution is 0.225. The van der Waals surface area contributed by atoms with E-state index in [1.54, 1.807) is 30.6 Å². The van der Waals surface area contributed by atoms with Crippen LogP contribution in [0.4, 0.5) is 4.39 Å². The summed E-state index contributed by atoms with van der Waals surface area (Å²) in [6.45, 7) is 4.56. The van der Waals surface area contributed by atoms with Crippen LogP contribution in [0.3, 0.4) is 0 Å². The van der Waals surface area contributed by atoms with Gasteiger partial charge >= 0.3 is 0 Å². The van der Waals surface area contributed by atoms with Gasteiger partial charge in [-0.1, -0.05) is 31.0 Å². The second kappa shape index (κ2) is 10.0. The highest BCUT2D eigenvalue weighted by molar-refractivity contribution is 7.86. The molecule has 0 aliphatic carbocycles. The summed E-state index contributed by atoms with van der Waals surface area (Å²) in [6, 6.07) is 11.4. The van der Waals surface area contributed by atoms with Crippen molar-refractivity contribution >= 4 is 21.2 Å². The van der Waals surface area contributed by atoms with Gasteiger partial charge in [-0.15, -0.1) is 0 Å². The highest BCUT2D eigenvalue weighted by atomic mass is 32.2. The standard InChI is InChI=1S/C22H26FN3O4S/c1-3-4-11-26-15-25-20-12-18(7-10-21(20)26)29-14-17(13-23)22(24)30-31(27,28)19-8-5-16(2)6-9-19/h5-10,12-13,15,22H,3-4,11,14,24H2,1-2H3/b17-13+. The van der Waals surface area contributed by atoms with Crippen LogP contribution in [0, 0.1) is 6.92 Å². The molecular weight excluding hydrogens is 421 g/mol. The molecule has 0 amide bonds. The maximum absolute atomic E-state index is 13.4. The maximum atomic E-state index is 13.4. The Labute approximate surface area is 181 Å². The predicted octanol–water partition coefficient (Wildman–Crippen LogP) is 4.07. The highest BCUT2D eigenvalue weighted by Crippen LogP contribution is 2.22. The lowest BCUT2D eigenvalue weighted by Gasteiger charge is -2.16. The van der Waals surface area contributed by atoms with Gasteiger partial charge in [0.15, 0.2) is 6.23 Å². The normalized spacial score (nSPS) is 13.5. The number of nitrogens with two attached hydrogens (primary N) is 1. The Morgan fingerprint density at radius 3 is 2.68 bits per heavy atom. The molecule has 1 unspecified atom stereocenters. The van der Waals surface area contributed by atoms with Crippen molar-refractivity contribution in [2.24, 2.45) is 5.73 Å². The van der Waals surface area contributed by atoms with Gasteiger partial charge in [0, 0.05) is 18.2 Å². The lowest BCUT2D eigenvalue weighted by atomic mass is 10.2. The van der Waals surface area contributed by atoms with E-state index in [4.69, 9.17) is 14.7 Å². The van der Waals surface area contributed by atoms with E-state index in [1.165, 1.54) is 12.1 Å². The van der Waals surface area contributed by atoms with Crippen molar-refractivity contribution in [3.63, 3.8) is 0 Å². The third kappa shape index (κ3) is 5.69. The van der Waals surface area contributed by atoms with Crippen molar-refractivity contribution in [1.29, 1.82) is 0 Å². The molecule has 2 N–H and O–H groups in total. The van der Waals surface area contributed by atoms with Crippen LogP contribution in [0.5, 0.6) is 5.75 Å². The molecule has 2 aromatic carbocycles. The van der Waals surface area contributed by atoms with Crippen LogP contribution >= 0.6 is 0 Å². The predicted molar refractivity (Wildman–Crippen MR) is 117 cm³/mol. The molecule has 0 aliphatic heterocycles. The summed E-state index contributed by atoms with van der Waals surface area (Å²) in [4.78, 5) is 4.31. The van der Waals surface area contributed by atoms with Crippen LogP contribution in [0.1, 0.15) is 25.3 Å². The molecule has 1 atom stereocenters. The molecule has 3 aromatic rings. The van der Waals surface area contributed by atoms with Gasteiger partial charge in [0.25, 0.3) is 10.1 Å². The van der Waals surface area contributed by atoms with Crippen molar-refractivity contribution < 1.29 is 21.7 Å². The van der Waals surface area contributed by atoms with Crippen molar-refractivity contribution in [3.8, 4) is 5.75 Å². The molecule has 31 heavy (non-hydrogen) atoms. The van der Waals surface area contributed by atoms with Crippen LogP contribution < -0.4 is 10.5 Å². The van der Waals surface area contributed by atoms with Crippen LogP contribution in [0.25, 0.3) is 11.0 Å². The number of unbranched alkanes of at least 4 members (excludes halogenated alkanes) is 1. The summed E-state index contributed by atoms with van der Waals surface area (Å²) < 4.78 is 50.8. The highest BCUT2D eigenvalue weighted by Gasteiger charge is 2.22. The van der Waals surface area contributed by atoms with E-state index in [-0.39, 0.29) is 23.4 Å². The first-order valence-electron chi connectivity index (χ1n) is 9.96. The number of hydrogen-bond donors (Lipinski definition) is 1. The SMILES string of the molecule is CCCCn1cnc2cc(OC/C(=C\F)C(N)OS(=O)(=O)c3ccc(C)cc3)ccc21. The quantitative estimate of drug-likeness (QED) is 0.372. The molecule has 0 spiro atoms. The summed E-state index contributed by atoms with van der Waals surface area (Å²) in [6.07, 6.45) is 2.59. The van der Waals surface area contributed by atoms with Crippen molar-refractivity contribution in [2.45, 2.75) is 44.4 Å². The molecule has 0 saturated carbocycles. The fraction of sp³-hybridized carbons (Fsp3) is 0.318. The van der Waals surface area contributed by atoms with E-state index in [1.807, 2.05) is 13.0 Å². The Hall–Kier alpha value is -2.75. The second-order valence-electron chi connectivity index (χ2n) is 7.20. The number of ether oxygens (including phenoxy) is 1. The maximum Gasteiger partial charge on any atom is 0.298 e. The van der Waals surface area contributed by atoms with Gasteiger partial charge in [-0.25, -0.2) is 13.6 Å². The number of aromatic nitrogens is 2. The molecule has 7 nitrogen and oxygen atoms in total. The second-order valence-corrected chi connectivity index (χ2v) is 8.77. The lowest BCUT2D eigenvalue weighted by Crippen LogP contribution is -2.31. The van der Waals surface area contributed by atoms with Gasteiger partial charge in [0.2, 0.25) is 0 Å². The van der Waals surface area contributed by atoms with E-state index < -0.39 is 16.3 Å². The largest absolute Gasteiger partial charge is 0.489 e. The first kappa shape index (κ1) is 22.9. The Morgan fingerprint density at radius 1 is 1.26 bits per heavy atom. The topological polar surface area (TPSA) is 96.4 Å². The zero-order valence-corrected chi connectivity index (χ0v) is 18.3. The van der Waals surface area contributed by atoms with E-state index >= 15 is 0 Å². The van der Waals surface area contributed by atoms with Crippen LogP contribution in [-0.4, -0.2) is 30.8 Å². The Kier molecular flexibility index (Phi) is 7.42. The third-order valence-corrected chi connectivity index (χ3v) is 6.11. The summed E-state index contributed by atoms with van der Waals surface area (Å²) in [5.41, 5.74) is 8.26. The fourth-order valence-electron chi connectivity index (χ4n) is 2.94. The number of halogens is 1. The number of benzene rings is 2. The summed E-state index contributed by atoms with van der Waals surface area (Å²) in [5, 5.41) is 0. The number of aryl methyl sites for hydroxylation is 2. The van der Waals surface area contributed by atoms with Crippen molar-refractivity contribution in [2.75, 3.05) is 6.61 Å². The average molecular weight is 448 g/mol. The van der Waals surface area contributed by atoms with Crippen LogP contribution in [0.15, 0.2) is 65.6 Å². The molecule has 0 aliphatic rings. The molecule has 1 heterocycles. The molecule has 3 rings (SSSR count). The van der Waals surface area contributed by atoms with Gasteiger partial charge in [-0.3, -0.25) is 0 Å². The van der Waals surface area contributed by atoms with Gasteiger partial charge in [0.1, 0.15) is 12.4 Å². The van der Waals surface area contributed by atoms with E-state index in [0.29, 0.717) is 5.75 Å². The summed E-state index contributed by atoms with van der Waals surface area (Å²) >= 11 is 0. The molecule has 166 valence electrons. The first-order valence-corrected chi connectivity index (χ1v) is 11.4. The zero-order valence-electron chi connectivity index (χ0n) is 17.5. The monoisotopic (exact) mass is 447 g/mol. The third-order valence-electron chi connectivity index (χ3n) is 4.80. The molecule has 0 saturated heterocycles. The molecule has 0 bridgehead atoms. The minimum absolute atomic E-state index is 0.0585. The molecule has 1 aromatic heterocycles. The van der Waals surface area contributed by atoms with Crippen molar-refractivity contribution in [3.05, 3.63) is 66.3 Å². The van der Waals surface area contributed by atoms with E-state index in [0.717, 1.165) is 36.0 Å². The van der Waals surface area contributed by atoms with Crippen LogP contribution in [-0.2, 0) is 20.8 Å².